The van der Waals surface area contributed by atoms with Gasteiger partial charge in [0.2, 0.25) is 11.6 Å². The molecule has 1 aliphatic heterocycles. The summed E-state index contributed by atoms with van der Waals surface area (Å²) in [7, 11) is 0. The van der Waals surface area contributed by atoms with E-state index in [-0.39, 0.29) is 17.9 Å². The van der Waals surface area contributed by atoms with Crippen molar-refractivity contribution >= 4 is 11.9 Å². The third kappa shape index (κ3) is 4.37. The average molecular weight is 536 g/mol. The molecule has 1 N–H and O–H groups in total. The molecule has 2 aromatic rings. The normalized spacial score (nSPS) is 28.5. The molecule has 0 aromatic heterocycles. The minimum Gasteiger partial charge on any atom is -0.481 e. The number of carbonyl (C=O) groups excluding carboxylic acids is 1. The van der Waals surface area contributed by atoms with Crippen LogP contribution in [-0.4, -0.2) is 40.6 Å². The van der Waals surface area contributed by atoms with E-state index in [0.717, 1.165) is 5.56 Å². The lowest BCUT2D eigenvalue weighted by Gasteiger charge is -2.44. The molecular formula is C29H30F5NO3. The molecule has 204 valence electrons. The van der Waals surface area contributed by atoms with Crippen molar-refractivity contribution in [2.45, 2.75) is 75.2 Å². The molecule has 5 atom stereocenters. The number of carboxylic acids is 1. The molecule has 38 heavy (non-hydrogen) atoms. The monoisotopic (exact) mass is 535 g/mol. The molecule has 2 aliphatic carbocycles. The van der Waals surface area contributed by atoms with Crippen LogP contribution in [0.3, 0.4) is 0 Å². The van der Waals surface area contributed by atoms with Gasteiger partial charge < -0.3 is 10.0 Å². The van der Waals surface area contributed by atoms with Crippen LogP contribution in [-0.2, 0) is 33.5 Å². The molecule has 5 unspecified atom stereocenters. The summed E-state index contributed by atoms with van der Waals surface area (Å²) in [5.41, 5.74) is -2.55. The molecule has 5 rings (SSSR count). The zero-order valence-electron chi connectivity index (χ0n) is 21.0. The first-order valence-corrected chi connectivity index (χ1v) is 13.0. The van der Waals surface area contributed by atoms with E-state index in [0.29, 0.717) is 69.5 Å². The van der Waals surface area contributed by atoms with Gasteiger partial charge in [-0.15, -0.1) is 0 Å². The van der Waals surface area contributed by atoms with Crippen LogP contribution in [0.1, 0.15) is 61.3 Å². The van der Waals surface area contributed by atoms with Gasteiger partial charge in [-0.3, -0.25) is 9.59 Å². The lowest BCUT2D eigenvalue weighted by molar-refractivity contribution is -0.228. The number of carbonyl (C=O) groups is 2. The second-order valence-corrected chi connectivity index (χ2v) is 11.2. The van der Waals surface area contributed by atoms with Crippen molar-refractivity contribution < 1.29 is 36.6 Å². The zero-order chi connectivity index (χ0) is 27.5. The van der Waals surface area contributed by atoms with Crippen molar-refractivity contribution in [1.29, 1.82) is 0 Å². The highest BCUT2D eigenvalue weighted by Gasteiger charge is 2.56. The molecular weight excluding hydrogens is 505 g/mol. The van der Waals surface area contributed by atoms with Gasteiger partial charge in [-0.05, 0) is 86.3 Å². The number of fused-ring (bicyclic) bond motifs is 3. The van der Waals surface area contributed by atoms with Crippen molar-refractivity contribution in [3.63, 3.8) is 0 Å². The maximum Gasteiger partial charge on any atom is 0.426 e. The average Bonchev–Trinajstić information content (AvgIpc) is 3.49. The van der Waals surface area contributed by atoms with Crippen molar-refractivity contribution in [3.8, 4) is 0 Å². The van der Waals surface area contributed by atoms with Crippen LogP contribution in [0, 0.1) is 17.7 Å². The number of aryl methyl sites for hydroxylation is 1. The highest BCUT2D eigenvalue weighted by Crippen LogP contribution is 2.51. The first-order valence-electron chi connectivity index (χ1n) is 13.0. The number of halogens is 5. The molecule has 1 saturated carbocycles. The first kappa shape index (κ1) is 26.6. The summed E-state index contributed by atoms with van der Waals surface area (Å²) in [5.74, 6) is -2.32. The fourth-order valence-electron chi connectivity index (χ4n) is 6.96. The van der Waals surface area contributed by atoms with Crippen molar-refractivity contribution in [1.82, 2.24) is 4.90 Å². The minimum absolute atomic E-state index is 0.0895. The number of aliphatic carboxylic acids is 1. The summed E-state index contributed by atoms with van der Waals surface area (Å²) in [6, 6.07) is 9.91. The largest absolute Gasteiger partial charge is 0.481 e. The predicted octanol–water partition coefficient (Wildman–Crippen LogP) is 6.10. The summed E-state index contributed by atoms with van der Waals surface area (Å²) < 4.78 is 69.2. The minimum atomic E-state index is -5.07. The quantitative estimate of drug-likeness (QED) is 0.471. The van der Waals surface area contributed by atoms with Gasteiger partial charge in [0.25, 0.3) is 0 Å². The van der Waals surface area contributed by atoms with Gasteiger partial charge in [0.1, 0.15) is 5.82 Å². The Balaban J connectivity index is 1.53. The van der Waals surface area contributed by atoms with E-state index >= 15 is 0 Å². The fraction of sp³-hybridized carbons (Fsp3) is 0.517. The van der Waals surface area contributed by atoms with Gasteiger partial charge in [-0.1, -0.05) is 30.3 Å². The summed E-state index contributed by atoms with van der Waals surface area (Å²) in [5, 5.41) is 9.38. The molecule has 4 nitrogen and oxygen atoms in total. The van der Waals surface area contributed by atoms with Gasteiger partial charge in [0.15, 0.2) is 0 Å². The highest BCUT2D eigenvalue weighted by molar-refractivity contribution is 5.82. The number of carboxylic acid groups (broad SMARTS) is 1. The van der Waals surface area contributed by atoms with Crippen LogP contribution in [0.2, 0.25) is 0 Å². The fourth-order valence-corrected chi connectivity index (χ4v) is 6.96. The number of alkyl halides is 4. The summed E-state index contributed by atoms with van der Waals surface area (Å²) in [6.45, 7) is 0.933. The molecule has 0 spiro atoms. The van der Waals surface area contributed by atoms with Crippen LogP contribution in [0.25, 0.3) is 0 Å². The Bertz CT molecular complexity index is 1260. The zero-order valence-corrected chi connectivity index (χ0v) is 21.0. The number of hydrogen-bond donors (Lipinski definition) is 1. The van der Waals surface area contributed by atoms with E-state index in [9.17, 15) is 36.6 Å². The molecule has 3 aliphatic rings. The van der Waals surface area contributed by atoms with Gasteiger partial charge in [-0.25, -0.2) is 8.78 Å². The molecule has 9 heteroatoms. The number of likely N-dealkylation sites (tertiary alicyclic amines) is 1. The Kier molecular flexibility index (Phi) is 6.55. The van der Waals surface area contributed by atoms with E-state index in [1.807, 2.05) is 4.90 Å². The summed E-state index contributed by atoms with van der Waals surface area (Å²) in [6.07, 6.45) is -2.08. The van der Waals surface area contributed by atoms with Crippen molar-refractivity contribution in [3.05, 3.63) is 70.5 Å². The molecule has 2 fully saturated rings. The Labute approximate surface area is 217 Å². The number of amides is 1. The summed E-state index contributed by atoms with van der Waals surface area (Å²) >= 11 is 0. The van der Waals surface area contributed by atoms with Gasteiger partial charge in [-0.2, -0.15) is 13.2 Å². The number of hydrogen-bond acceptors (Lipinski definition) is 2. The molecule has 0 bridgehead atoms. The third-order valence-corrected chi connectivity index (χ3v) is 9.04. The topological polar surface area (TPSA) is 57.6 Å². The smallest absolute Gasteiger partial charge is 0.426 e. The van der Waals surface area contributed by atoms with Gasteiger partial charge in [0.05, 0.1) is 5.92 Å². The van der Waals surface area contributed by atoms with Crippen LogP contribution in [0.5, 0.6) is 0 Å². The Morgan fingerprint density at radius 3 is 2.45 bits per heavy atom. The molecule has 0 radical (unpaired) electrons. The van der Waals surface area contributed by atoms with E-state index in [1.54, 1.807) is 18.2 Å². The van der Waals surface area contributed by atoms with E-state index in [1.165, 1.54) is 24.3 Å². The summed E-state index contributed by atoms with van der Waals surface area (Å²) in [4.78, 5) is 26.9. The molecule has 1 saturated heterocycles. The number of nitrogens with zero attached hydrogens (tertiary/aromatic N) is 1. The Hall–Kier alpha value is -2.97. The third-order valence-electron chi connectivity index (χ3n) is 9.04. The van der Waals surface area contributed by atoms with Crippen molar-refractivity contribution in [2.75, 3.05) is 6.54 Å². The highest BCUT2D eigenvalue weighted by atomic mass is 19.4. The number of benzene rings is 2. The van der Waals surface area contributed by atoms with E-state index in [4.69, 9.17) is 0 Å². The number of rotatable bonds is 5. The molecule has 1 heterocycles. The molecule has 1 amide bonds. The Morgan fingerprint density at radius 1 is 1.05 bits per heavy atom. The van der Waals surface area contributed by atoms with Crippen LogP contribution < -0.4 is 0 Å². The van der Waals surface area contributed by atoms with E-state index in [2.05, 4.69) is 0 Å². The maximum atomic E-state index is 14.8. The van der Waals surface area contributed by atoms with Gasteiger partial charge in [0, 0.05) is 23.9 Å². The van der Waals surface area contributed by atoms with Crippen LogP contribution >= 0.6 is 0 Å². The molecule has 2 aromatic carbocycles. The Morgan fingerprint density at radius 2 is 1.79 bits per heavy atom. The lowest BCUT2D eigenvalue weighted by atomic mass is 9.63. The lowest BCUT2D eigenvalue weighted by Crippen LogP contribution is -2.50. The van der Waals surface area contributed by atoms with Crippen LogP contribution in [0.15, 0.2) is 42.5 Å². The van der Waals surface area contributed by atoms with Gasteiger partial charge >= 0.3 is 12.1 Å². The van der Waals surface area contributed by atoms with Crippen molar-refractivity contribution in [2.24, 2.45) is 11.8 Å². The second kappa shape index (κ2) is 9.35. The standard InChI is InChI=1S/C29H30F5NO3/c1-27(31,29(32,33)34)21-8-9-23-18(15-21)7-10-24-28(23,16-17-3-2-4-22(30)13-17)11-12-35(24)25(36)19-5-6-20(14-19)26(37)38/h2-4,8-9,13,15,19-20,24H,5-7,10-12,14,16H2,1H3,(H,37,38). The predicted molar refractivity (Wildman–Crippen MR) is 130 cm³/mol. The first-order chi connectivity index (χ1) is 17.8. The van der Waals surface area contributed by atoms with Crippen LogP contribution in [0.4, 0.5) is 22.0 Å². The second-order valence-electron chi connectivity index (χ2n) is 11.2. The SMILES string of the molecule is CC(F)(c1ccc2c(c1)CCC1N(C(=O)C3CCC(C(=O)O)C3)CCC21Cc1cccc(F)c1)C(F)(F)F. The maximum absolute atomic E-state index is 14.8. The van der Waals surface area contributed by atoms with E-state index < -0.39 is 40.5 Å².